The summed E-state index contributed by atoms with van der Waals surface area (Å²) in [6, 6.07) is 0.383. The minimum absolute atomic E-state index is 0.0999. The van der Waals surface area contributed by atoms with E-state index in [1.807, 2.05) is 21.6 Å². The fraction of sp³-hybridized carbons (Fsp3) is 0.846. The Balaban J connectivity index is 1.92. The number of hydrogen-bond donors (Lipinski definition) is 1. The zero-order valence-corrected chi connectivity index (χ0v) is 12.2. The van der Waals surface area contributed by atoms with Crippen LogP contribution in [0.1, 0.15) is 26.2 Å². The molecule has 0 aliphatic carbocycles. The Bertz CT molecular complexity index is 351. The van der Waals surface area contributed by atoms with Gasteiger partial charge in [0, 0.05) is 43.6 Å². The first-order valence-electron chi connectivity index (χ1n) is 6.93. The molecule has 2 unspecified atom stereocenters. The summed E-state index contributed by atoms with van der Waals surface area (Å²) in [6.07, 6.45) is 2.01. The molecule has 108 valence electrons. The third-order valence-electron chi connectivity index (χ3n) is 3.87. The number of amides is 2. The van der Waals surface area contributed by atoms with Gasteiger partial charge in [0.1, 0.15) is 0 Å². The lowest BCUT2D eigenvalue weighted by atomic mass is 9.95. The van der Waals surface area contributed by atoms with Gasteiger partial charge in [-0.15, -0.1) is 0 Å². The number of aliphatic carboxylic acids is 1. The van der Waals surface area contributed by atoms with E-state index in [1.165, 1.54) is 0 Å². The Morgan fingerprint density at radius 2 is 2.16 bits per heavy atom. The molecule has 2 fully saturated rings. The molecule has 2 rings (SSSR count). The molecule has 2 amide bonds. The van der Waals surface area contributed by atoms with E-state index in [4.69, 9.17) is 5.11 Å². The topological polar surface area (TPSA) is 60.9 Å². The number of carbonyl (C=O) groups is 2. The smallest absolute Gasteiger partial charge is 0.320 e. The van der Waals surface area contributed by atoms with Crippen LogP contribution in [-0.2, 0) is 4.79 Å². The second-order valence-electron chi connectivity index (χ2n) is 5.45. The summed E-state index contributed by atoms with van der Waals surface area (Å²) < 4.78 is 0. The largest absolute Gasteiger partial charge is 0.481 e. The Kier molecular flexibility index (Phi) is 4.96. The zero-order chi connectivity index (χ0) is 13.8. The first-order chi connectivity index (χ1) is 9.08. The van der Waals surface area contributed by atoms with Gasteiger partial charge >= 0.3 is 12.0 Å². The third-order valence-corrected chi connectivity index (χ3v) is 5.06. The van der Waals surface area contributed by atoms with Crippen LogP contribution in [0.15, 0.2) is 0 Å². The van der Waals surface area contributed by atoms with E-state index in [-0.39, 0.29) is 24.4 Å². The van der Waals surface area contributed by atoms with Gasteiger partial charge in [0.05, 0.1) is 0 Å². The molecule has 0 aromatic heterocycles. The van der Waals surface area contributed by atoms with Gasteiger partial charge in [-0.1, -0.05) is 0 Å². The predicted molar refractivity (Wildman–Crippen MR) is 75.4 cm³/mol. The van der Waals surface area contributed by atoms with E-state index >= 15 is 0 Å². The molecule has 2 atom stereocenters. The molecule has 2 aliphatic heterocycles. The van der Waals surface area contributed by atoms with Gasteiger partial charge in [0.15, 0.2) is 0 Å². The number of carboxylic acids is 1. The molecule has 0 aromatic rings. The summed E-state index contributed by atoms with van der Waals surface area (Å²) >= 11 is 1.89. The Morgan fingerprint density at radius 3 is 2.84 bits per heavy atom. The fourth-order valence-electron chi connectivity index (χ4n) is 2.85. The summed E-state index contributed by atoms with van der Waals surface area (Å²) in [7, 11) is 0. The predicted octanol–water partition coefficient (Wildman–Crippen LogP) is 1.73. The highest BCUT2D eigenvalue weighted by molar-refractivity contribution is 7.99. The van der Waals surface area contributed by atoms with Crippen LogP contribution >= 0.6 is 11.8 Å². The number of carbonyl (C=O) groups excluding carboxylic acids is 1. The van der Waals surface area contributed by atoms with Gasteiger partial charge in [-0.2, -0.15) is 11.8 Å². The maximum Gasteiger partial charge on any atom is 0.320 e. The Morgan fingerprint density at radius 1 is 1.37 bits per heavy atom. The SMILES string of the molecule is CC1CSCCN1C(=O)N1CCCC(CC(=O)O)C1. The molecule has 0 saturated carbocycles. The lowest BCUT2D eigenvalue weighted by Gasteiger charge is -2.40. The molecule has 6 heteroatoms. The Hall–Kier alpha value is -0.910. The van der Waals surface area contributed by atoms with E-state index in [2.05, 4.69) is 6.92 Å². The average Bonchev–Trinajstić information content (AvgIpc) is 2.38. The molecule has 0 spiro atoms. The highest BCUT2D eigenvalue weighted by Gasteiger charge is 2.31. The number of likely N-dealkylation sites (tertiary alicyclic amines) is 1. The van der Waals surface area contributed by atoms with Crippen molar-refractivity contribution in [3.8, 4) is 0 Å². The molecule has 5 nitrogen and oxygen atoms in total. The lowest BCUT2D eigenvalue weighted by molar-refractivity contribution is -0.138. The minimum Gasteiger partial charge on any atom is -0.481 e. The van der Waals surface area contributed by atoms with Crippen molar-refractivity contribution in [1.82, 2.24) is 9.80 Å². The summed E-state index contributed by atoms with van der Waals surface area (Å²) in [5.74, 6) is 1.35. The molecule has 1 N–H and O–H groups in total. The number of carboxylic acid groups (broad SMARTS) is 1. The number of urea groups is 1. The summed E-state index contributed by atoms with van der Waals surface area (Å²) in [5, 5.41) is 8.86. The van der Waals surface area contributed by atoms with E-state index in [9.17, 15) is 9.59 Å². The van der Waals surface area contributed by atoms with Crippen molar-refractivity contribution >= 4 is 23.8 Å². The van der Waals surface area contributed by atoms with Crippen molar-refractivity contribution < 1.29 is 14.7 Å². The van der Waals surface area contributed by atoms with Crippen LogP contribution in [0.3, 0.4) is 0 Å². The van der Waals surface area contributed by atoms with Gasteiger partial charge in [-0.3, -0.25) is 4.79 Å². The summed E-state index contributed by atoms with van der Waals surface area (Å²) in [6.45, 7) is 4.26. The maximum absolute atomic E-state index is 12.5. The number of thioether (sulfide) groups is 1. The van der Waals surface area contributed by atoms with Gasteiger partial charge < -0.3 is 14.9 Å². The van der Waals surface area contributed by atoms with Crippen molar-refractivity contribution in [2.45, 2.75) is 32.2 Å². The first-order valence-corrected chi connectivity index (χ1v) is 8.08. The highest BCUT2D eigenvalue weighted by atomic mass is 32.2. The molecule has 0 aromatic carbocycles. The molecule has 2 aliphatic rings. The van der Waals surface area contributed by atoms with Crippen LogP contribution in [0.2, 0.25) is 0 Å². The lowest BCUT2D eigenvalue weighted by Crippen LogP contribution is -2.53. The van der Waals surface area contributed by atoms with Crippen LogP contribution in [0, 0.1) is 5.92 Å². The van der Waals surface area contributed by atoms with Gasteiger partial charge in [-0.25, -0.2) is 4.79 Å². The zero-order valence-electron chi connectivity index (χ0n) is 11.4. The van der Waals surface area contributed by atoms with Gasteiger partial charge in [0.25, 0.3) is 0 Å². The average molecular weight is 286 g/mol. The van der Waals surface area contributed by atoms with E-state index in [0.29, 0.717) is 6.54 Å². The summed E-state index contributed by atoms with van der Waals surface area (Å²) in [4.78, 5) is 27.1. The van der Waals surface area contributed by atoms with Crippen LogP contribution in [0.5, 0.6) is 0 Å². The second kappa shape index (κ2) is 6.50. The standard InChI is InChI=1S/C13H22N2O3S/c1-10-9-19-6-5-15(10)13(18)14-4-2-3-11(8-14)7-12(16)17/h10-11H,2-9H2,1H3,(H,16,17). The van der Waals surface area contributed by atoms with Crippen molar-refractivity contribution in [3.05, 3.63) is 0 Å². The van der Waals surface area contributed by atoms with E-state index in [1.54, 1.807) is 0 Å². The minimum atomic E-state index is -0.762. The van der Waals surface area contributed by atoms with Crippen LogP contribution in [-0.4, -0.2) is 64.1 Å². The van der Waals surface area contributed by atoms with Gasteiger partial charge in [0.2, 0.25) is 0 Å². The van der Waals surface area contributed by atoms with E-state index < -0.39 is 5.97 Å². The van der Waals surface area contributed by atoms with E-state index in [0.717, 1.165) is 37.4 Å². The molecular weight excluding hydrogens is 264 g/mol. The number of nitrogens with zero attached hydrogens (tertiary/aromatic N) is 2. The Labute approximate surface area is 118 Å². The summed E-state index contributed by atoms with van der Waals surface area (Å²) in [5.41, 5.74) is 0. The monoisotopic (exact) mass is 286 g/mol. The van der Waals surface area contributed by atoms with Gasteiger partial charge in [-0.05, 0) is 25.7 Å². The van der Waals surface area contributed by atoms with Crippen molar-refractivity contribution in [2.24, 2.45) is 5.92 Å². The number of hydrogen-bond acceptors (Lipinski definition) is 3. The van der Waals surface area contributed by atoms with Crippen molar-refractivity contribution in [2.75, 3.05) is 31.1 Å². The quantitative estimate of drug-likeness (QED) is 0.840. The van der Waals surface area contributed by atoms with Crippen LogP contribution < -0.4 is 0 Å². The molecule has 0 bridgehead atoms. The van der Waals surface area contributed by atoms with Crippen LogP contribution in [0.4, 0.5) is 4.79 Å². The first kappa shape index (κ1) is 14.5. The number of rotatable bonds is 2. The molecule has 19 heavy (non-hydrogen) atoms. The highest BCUT2D eigenvalue weighted by Crippen LogP contribution is 2.23. The maximum atomic E-state index is 12.5. The van der Waals surface area contributed by atoms with Crippen molar-refractivity contribution in [1.29, 1.82) is 0 Å². The number of piperidine rings is 1. The third kappa shape index (κ3) is 3.78. The molecule has 2 saturated heterocycles. The normalized spacial score (nSPS) is 28.3. The molecule has 2 heterocycles. The molecular formula is C13H22N2O3S. The van der Waals surface area contributed by atoms with Crippen molar-refractivity contribution in [3.63, 3.8) is 0 Å². The van der Waals surface area contributed by atoms with Crippen LogP contribution in [0.25, 0.3) is 0 Å². The second-order valence-corrected chi connectivity index (χ2v) is 6.60. The fourth-order valence-corrected chi connectivity index (χ4v) is 3.86. The molecule has 0 radical (unpaired) electrons.